The highest BCUT2D eigenvalue weighted by Crippen LogP contribution is 2.14. The van der Waals surface area contributed by atoms with E-state index in [1.165, 1.54) is 5.38 Å². The number of nitrogens with one attached hydrogen (secondary N) is 1. The first-order valence-electron chi connectivity index (χ1n) is 3.27. The molecule has 2 amide bonds. The van der Waals surface area contributed by atoms with Crippen LogP contribution in [0.1, 0.15) is 10.5 Å². The van der Waals surface area contributed by atoms with Crippen molar-refractivity contribution in [3.63, 3.8) is 0 Å². The van der Waals surface area contributed by atoms with Crippen LogP contribution in [0.5, 0.6) is 0 Å². The van der Waals surface area contributed by atoms with Crippen LogP contribution in [-0.2, 0) is 4.79 Å². The fraction of sp³-hybridized carbons (Fsp3) is 0.167. The molecule has 0 radical (unpaired) electrons. The Hall–Kier alpha value is -1.14. The maximum atomic E-state index is 11.1. The molecule has 0 aromatic carbocycles. The van der Waals surface area contributed by atoms with Crippen molar-refractivity contribution in [3.8, 4) is 0 Å². The van der Waals surface area contributed by atoms with Crippen LogP contribution in [0.4, 0.5) is 0 Å². The van der Waals surface area contributed by atoms with E-state index in [0.29, 0.717) is 0 Å². The lowest BCUT2D eigenvalue weighted by atomic mass is 10.4. The maximum Gasteiger partial charge on any atom is 0.271 e. The molecule has 7 heteroatoms. The van der Waals surface area contributed by atoms with Gasteiger partial charge in [-0.2, -0.15) is 0 Å². The van der Waals surface area contributed by atoms with E-state index in [4.69, 9.17) is 17.3 Å². The van der Waals surface area contributed by atoms with Gasteiger partial charge in [0.2, 0.25) is 5.91 Å². The Balaban J connectivity index is 2.54. The third kappa shape index (κ3) is 3.00. The van der Waals surface area contributed by atoms with Crippen molar-refractivity contribution in [1.82, 2.24) is 10.3 Å². The summed E-state index contributed by atoms with van der Waals surface area (Å²) in [6.07, 6.45) is 0. The van der Waals surface area contributed by atoms with Crippen LogP contribution in [0.2, 0.25) is 4.47 Å². The predicted octanol–water partition coefficient (Wildman–Crippen LogP) is 0.0116. The minimum atomic E-state index is -0.602. The smallest absolute Gasteiger partial charge is 0.271 e. The van der Waals surface area contributed by atoms with Crippen LogP contribution in [0.3, 0.4) is 0 Å². The number of rotatable bonds is 3. The average molecular weight is 220 g/mol. The van der Waals surface area contributed by atoms with Crippen molar-refractivity contribution in [2.24, 2.45) is 5.73 Å². The molecular formula is C6H6ClN3O2S. The lowest BCUT2D eigenvalue weighted by Crippen LogP contribution is -2.33. The topological polar surface area (TPSA) is 85.1 Å². The summed E-state index contributed by atoms with van der Waals surface area (Å²) in [5, 5.41) is 3.78. The van der Waals surface area contributed by atoms with Crippen molar-refractivity contribution in [3.05, 3.63) is 15.5 Å². The first-order valence-corrected chi connectivity index (χ1v) is 4.53. The largest absolute Gasteiger partial charge is 0.368 e. The maximum absolute atomic E-state index is 11.1. The van der Waals surface area contributed by atoms with E-state index in [0.717, 1.165) is 11.3 Å². The highest BCUT2D eigenvalue weighted by molar-refractivity contribution is 7.14. The molecule has 0 saturated carbocycles. The third-order valence-electron chi connectivity index (χ3n) is 1.13. The summed E-state index contributed by atoms with van der Waals surface area (Å²) < 4.78 is 0.282. The molecule has 0 aliphatic carbocycles. The van der Waals surface area contributed by atoms with E-state index in [9.17, 15) is 9.59 Å². The monoisotopic (exact) mass is 219 g/mol. The van der Waals surface area contributed by atoms with Gasteiger partial charge in [0.25, 0.3) is 5.91 Å². The molecule has 13 heavy (non-hydrogen) atoms. The Bertz CT molecular complexity index is 338. The Morgan fingerprint density at radius 3 is 2.85 bits per heavy atom. The number of thiazole rings is 1. The number of hydrogen-bond acceptors (Lipinski definition) is 4. The van der Waals surface area contributed by atoms with Gasteiger partial charge in [0.05, 0.1) is 6.54 Å². The third-order valence-corrected chi connectivity index (χ3v) is 2.11. The van der Waals surface area contributed by atoms with E-state index >= 15 is 0 Å². The van der Waals surface area contributed by atoms with Crippen molar-refractivity contribution in [1.29, 1.82) is 0 Å². The van der Waals surface area contributed by atoms with Gasteiger partial charge in [-0.3, -0.25) is 9.59 Å². The summed E-state index contributed by atoms with van der Waals surface area (Å²) in [7, 11) is 0. The Morgan fingerprint density at radius 1 is 1.69 bits per heavy atom. The van der Waals surface area contributed by atoms with Crippen molar-refractivity contribution < 1.29 is 9.59 Å². The van der Waals surface area contributed by atoms with Gasteiger partial charge < -0.3 is 11.1 Å². The lowest BCUT2D eigenvalue weighted by molar-refractivity contribution is -0.117. The Labute approximate surface area is 82.9 Å². The number of hydrogen-bond donors (Lipinski definition) is 2. The summed E-state index contributed by atoms with van der Waals surface area (Å²) in [6, 6.07) is 0. The van der Waals surface area contributed by atoms with Gasteiger partial charge in [-0.1, -0.05) is 11.6 Å². The molecule has 1 rings (SSSR count). The van der Waals surface area contributed by atoms with Gasteiger partial charge in [0, 0.05) is 5.38 Å². The summed E-state index contributed by atoms with van der Waals surface area (Å²) in [5.74, 6) is -1.06. The SMILES string of the molecule is NC(=O)CNC(=O)c1csc(Cl)n1. The molecule has 1 aromatic heterocycles. The number of aromatic nitrogens is 1. The molecule has 3 N–H and O–H groups in total. The van der Waals surface area contributed by atoms with Crippen molar-refractivity contribution in [2.75, 3.05) is 6.54 Å². The molecule has 70 valence electrons. The zero-order valence-electron chi connectivity index (χ0n) is 6.41. The number of halogens is 1. The minimum Gasteiger partial charge on any atom is -0.368 e. The average Bonchev–Trinajstić information content (AvgIpc) is 2.47. The molecule has 0 saturated heterocycles. The number of carbonyl (C=O) groups is 2. The minimum absolute atomic E-state index is 0.191. The molecule has 1 aromatic rings. The zero-order chi connectivity index (χ0) is 9.84. The van der Waals surface area contributed by atoms with Gasteiger partial charge >= 0.3 is 0 Å². The summed E-state index contributed by atoms with van der Waals surface area (Å²) in [6.45, 7) is -0.200. The number of carbonyl (C=O) groups excluding carboxylic acids is 2. The quantitative estimate of drug-likeness (QED) is 0.751. The van der Waals surface area contributed by atoms with Crippen LogP contribution in [0.15, 0.2) is 5.38 Å². The summed E-state index contributed by atoms with van der Waals surface area (Å²) >= 11 is 6.65. The van der Waals surface area contributed by atoms with Gasteiger partial charge in [-0.15, -0.1) is 11.3 Å². The standard InChI is InChI=1S/C6H6ClN3O2S/c7-6-10-3(2-13-6)5(12)9-1-4(8)11/h2H,1H2,(H2,8,11)(H,9,12). The molecule has 0 aliphatic rings. The van der Waals surface area contributed by atoms with Gasteiger partial charge in [0.1, 0.15) is 5.69 Å². The van der Waals surface area contributed by atoms with E-state index in [-0.39, 0.29) is 16.7 Å². The molecule has 0 aliphatic heterocycles. The first-order chi connectivity index (χ1) is 6.09. The molecule has 1 heterocycles. The van der Waals surface area contributed by atoms with E-state index in [1.54, 1.807) is 0 Å². The molecule has 0 fully saturated rings. The molecule has 0 atom stereocenters. The number of nitrogens with two attached hydrogens (primary N) is 1. The predicted molar refractivity (Wildman–Crippen MR) is 48.7 cm³/mol. The molecular weight excluding hydrogens is 214 g/mol. The second-order valence-electron chi connectivity index (χ2n) is 2.13. The van der Waals surface area contributed by atoms with Crippen LogP contribution in [-0.4, -0.2) is 23.3 Å². The Morgan fingerprint density at radius 2 is 2.38 bits per heavy atom. The molecule has 0 spiro atoms. The second kappa shape index (κ2) is 4.20. The van der Waals surface area contributed by atoms with Crippen LogP contribution in [0, 0.1) is 0 Å². The van der Waals surface area contributed by atoms with Gasteiger partial charge in [-0.25, -0.2) is 4.98 Å². The fourth-order valence-corrected chi connectivity index (χ4v) is 1.36. The highest BCUT2D eigenvalue weighted by Gasteiger charge is 2.09. The van der Waals surface area contributed by atoms with Crippen LogP contribution >= 0.6 is 22.9 Å². The number of primary amides is 1. The van der Waals surface area contributed by atoms with E-state index < -0.39 is 11.8 Å². The molecule has 0 unspecified atom stereocenters. The molecule has 5 nitrogen and oxygen atoms in total. The normalized spacial score (nSPS) is 9.62. The van der Waals surface area contributed by atoms with Gasteiger partial charge in [0.15, 0.2) is 4.47 Å². The van der Waals surface area contributed by atoms with Crippen molar-refractivity contribution in [2.45, 2.75) is 0 Å². The Kier molecular flexibility index (Phi) is 3.21. The highest BCUT2D eigenvalue weighted by atomic mass is 35.5. The zero-order valence-corrected chi connectivity index (χ0v) is 7.98. The lowest BCUT2D eigenvalue weighted by Gasteiger charge is -1.97. The molecule has 0 bridgehead atoms. The van der Waals surface area contributed by atoms with Crippen LogP contribution in [0.25, 0.3) is 0 Å². The van der Waals surface area contributed by atoms with Crippen LogP contribution < -0.4 is 11.1 Å². The second-order valence-corrected chi connectivity index (χ2v) is 3.57. The fourth-order valence-electron chi connectivity index (χ4n) is 0.614. The van der Waals surface area contributed by atoms with Crippen molar-refractivity contribution >= 4 is 34.8 Å². The van der Waals surface area contributed by atoms with Gasteiger partial charge in [-0.05, 0) is 0 Å². The summed E-state index contributed by atoms with van der Waals surface area (Å²) in [4.78, 5) is 25.1. The number of nitrogens with zero attached hydrogens (tertiary/aromatic N) is 1. The summed E-state index contributed by atoms with van der Waals surface area (Å²) in [5.41, 5.74) is 5.02. The van der Waals surface area contributed by atoms with E-state index in [1.807, 2.05) is 0 Å². The van der Waals surface area contributed by atoms with E-state index in [2.05, 4.69) is 10.3 Å². The first kappa shape index (κ1) is 9.94. The number of amides is 2.